The molecule has 0 saturated heterocycles. The largest absolute Gasteiger partial charge is 0.314 e. The van der Waals surface area contributed by atoms with Crippen LogP contribution in [-0.2, 0) is 6.42 Å². The highest BCUT2D eigenvalue weighted by Crippen LogP contribution is 2.19. The maximum atomic E-state index is 3.69. The van der Waals surface area contributed by atoms with Gasteiger partial charge >= 0.3 is 0 Å². The zero-order valence-electron chi connectivity index (χ0n) is 14.2. The molecule has 1 atom stereocenters. The molecule has 0 aliphatic heterocycles. The van der Waals surface area contributed by atoms with Crippen molar-refractivity contribution in [2.24, 2.45) is 0 Å². The average molecular weight is 275 g/mol. The van der Waals surface area contributed by atoms with Gasteiger partial charge in [-0.2, -0.15) is 0 Å². The second kappa shape index (κ2) is 9.18. The van der Waals surface area contributed by atoms with Crippen LogP contribution >= 0.6 is 0 Å². The summed E-state index contributed by atoms with van der Waals surface area (Å²) in [6.45, 7) is 12.4. The Bertz CT molecular complexity index is 372. The third kappa shape index (κ3) is 5.66. The Kier molecular flexibility index (Phi) is 7.91. The average Bonchev–Trinajstić information content (AvgIpc) is 2.38. The molecule has 1 heteroatoms. The van der Waals surface area contributed by atoms with Gasteiger partial charge in [0, 0.05) is 6.04 Å². The van der Waals surface area contributed by atoms with E-state index >= 15 is 0 Å². The second-order valence-electron chi connectivity index (χ2n) is 6.21. The second-order valence-corrected chi connectivity index (χ2v) is 6.21. The fraction of sp³-hybridized carbons (Fsp3) is 0.684. The van der Waals surface area contributed by atoms with Crippen LogP contribution in [0, 0.1) is 20.8 Å². The minimum atomic E-state index is 0.714. The van der Waals surface area contributed by atoms with Gasteiger partial charge in [0.2, 0.25) is 0 Å². The van der Waals surface area contributed by atoms with E-state index < -0.39 is 0 Å². The summed E-state index contributed by atoms with van der Waals surface area (Å²) in [6.07, 6.45) is 7.66. The van der Waals surface area contributed by atoms with E-state index in [1.165, 1.54) is 55.2 Å². The molecule has 1 N–H and O–H groups in total. The number of hydrogen-bond acceptors (Lipinski definition) is 1. The molecule has 1 aromatic rings. The van der Waals surface area contributed by atoms with Gasteiger partial charge in [-0.05, 0) is 76.1 Å². The van der Waals surface area contributed by atoms with Gasteiger partial charge < -0.3 is 5.32 Å². The molecule has 0 heterocycles. The Labute approximate surface area is 126 Å². The zero-order chi connectivity index (χ0) is 15.0. The van der Waals surface area contributed by atoms with E-state index in [9.17, 15) is 0 Å². The smallest absolute Gasteiger partial charge is 0.00670 e. The van der Waals surface area contributed by atoms with E-state index in [1.807, 2.05) is 0 Å². The molecule has 1 unspecified atom stereocenters. The van der Waals surface area contributed by atoms with Crippen molar-refractivity contribution in [3.05, 3.63) is 34.4 Å². The fourth-order valence-corrected chi connectivity index (χ4v) is 3.17. The minimum absolute atomic E-state index is 0.714. The Hall–Kier alpha value is -0.820. The fourth-order valence-electron chi connectivity index (χ4n) is 3.17. The molecule has 0 radical (unpaired) electrons. The molecule has 1 nitrogen and oxygen atoms in total. The van der Waals surface area contributed by atoms with Crippen molar-refractivity contribution < 1.29 is 0 Å². The van der Waals surface area contributed by atoms with Crippen molar-refractivity contribution in [3.63, 3.8) is 0 Å². The highest BCUT2D eigenvalue weighted by atomic mass is 14.9. The van der Waals surface area contributed by atoms with E-state index in [0.717, 1.165) is 6.54 Å². The molecule has 20 heavy (non-hydrogen) atoms. The van der Waals surface area contributed by atoms with Crippen LogP contribution in [-0.4, -0.2) is 12.6 Å². The number of hydrogen-bond donors (Lipinski definition) is 1. The summed E-state index contributed by atoms with van der Waals surface area (Å²) in [7, 11) is 0. The van der Waals surface area contributed by atoms with Gasteiger partial charge in [-0.25, -0.2) is 0 Å². The van der Waals surface area contributed by atoms with Gasteiger partial charge in [-0.1, -0.05) is 38.0 Å². The molecule has 0 fully saturated rings. The summed E-state index contributed by atoms with van der Waals surface area (Å²) < 4.78 is 0. The van der Waals surface area contributed by atoms with Crippen LogP contribution in [0.15, 0.2) is 12.1 Å². The van der Waals surface area contributed by atoms with E-state index in [0.29, 0.717) is 6.04 Å². The van der Waals surface area contributed by atoms with Crippen molar-refractivity contribution in [2.45, 2.75) is 79.2 Å². The van der Waals surface area contributed by atoms with Crippen LogP contribution in [0.25, 0.3) is 0 Å². The predicted molar refractivity (Wildman–Crippen MR) is 90.6 cm³/mol. The molecule has 0 bridgehead atoms. The molecule has 1 rings (SSSR count). The summed E-state index contributed by atoms with van der Waals surface area (Å²) in [5.74, 6) is 0. The number of aryl methyl sites for hydroxylation is 3. The normalized spacial score (nSPS) is 12.7. The lowest BCUT2D eigenvalue weighted by molar-refractivity contribution is 0.437. The van der Waals surface area contributed by atoms with Crippen LogP contribution in [0.4, 0.5) is 0 Å². The Morgan fingerprint density at radius 1 is 0.950 bits per heavy atom. The topological polar surface area (TPSA) is 12.0 Å². The standard InChI is InChI=1S/C19H33N/c1-6-9-18(20-12-7-2)10-8-11-19-16(4)13-15(3)14-17(19)5/h13-14,18,20H,6-12H2,1-5H3. The summed E-state index contributed by atoms with van der Waals surface area (Å²) in [5, 5.41) is 3.69. The van der Waals surface area contributed by atoms with Gasteiger partial charge in [0.25, 0.3) is 0 Å². The molecule has 1 aromatic carbocycles. The predicted octanol–water partition coefficient (Wildman–Crippen LogP) is 5.10. The van der Waals surface area contributed by atoms with Crippen LogP contribution in [0.5, 0.6) is 0 Å². The van der Waals surface area contributed by atoms with Crippen LogP contribution < -0.4 is 5.32 Å². The maximum absolute atomic E-state index is 3.69. The van der Waals surface area contributed by atoms with E-state index in [2.05, 4.69) is 52.1 Å². The monoisotopic (exact) mass is 275 g/mol. The Morgan fingerprint density at radius 2 is 1.60 bits per heavy atom. The summed E-state index contributed by atoms with van der Waals surface area (Å²) in [5.41, 5.74) is 5.89. The first-order valence-electron chi connectivity index (χ1n) is 8.38. The molecular weight excluding hydrogens is 242 g/mol. The van der Waals surface area contributed by atoms with E-state index in [-0.39, 0.29) is 0 Å². The minimum Gasteiger partial charge on any atom is -0.314 e. The molecule has 0 aliphatic rings. The first-order valence-corrected chi connectivity index (χ1v) is 8.38. The van der Waals surface area contributed by atoms with Gasteiger partial charge in [-0.15, -0.1) is 0 Å². The van der Waals surface area contributed by atoms with Crippen molar-refractivity contribution >= 4 is 0 Å². The molecule has 0 amide bonds. The quantitative estimate of drug-likeness (QED) is 0.661. The molecular formula is C19H33N. The van der Waals surface area contributed by atoms with Gasteiger partial charge in [0.1, 0.15) is 0 Å². The molecule has 0 aromatic heterocycles. The number of nitrogens with one attached hydrogen (secondary N) is 1. The SMILES string of the molecule is CCCNC(CCC)CCCc1c(C)cc(C)cc1C. The van der Waals surface area contributed by atoms with Gasteiger partial charge in [0.05, 0.1) is 0 Å². The highest BCUT2D eigenvalue weighted by molar-refractivity contribution is 5.37. The van der Waals surface area contributed by atoms with Crippen LogP contribution in [0.3, 0.4) is 0 Å². The lowest BCUT2D eigenvalue weighted by Crippen LogP contribution is -2.29. The van der Waals surface area contributed by atoms with Crippen molar-refractivity contribution in [1.29, 1.82) is 0 Å². The number of benzene rings is 1. The number of rotatable bonds is 9. The van der Waals surface area contributed by atoms with Crippen LogP contribution in [0.1, 0.15) is 68.2 Å². The lowest BCUT2D eigenvalue weighted by Gasteiger charge is -2.18. The lowest BCUT2D eigenvalue weighted by atomic mass is 9.94. The summed E-state index contributed by atoms with van der Waals surface area (Å²) in [6, 6.07) is 5.36. The van der Waals surface area contributed by atoms with E-state index in [1.54, 1.807) is 5.56 Å². The van der Waals surface area contributed by atoms with Gasteiger partial charge in [-0.3, -0.25) is 0 Å². The van der Waals surface area contributed by atoms with Crippen molar-refractivity contribution in [2.75, 3.05) is 6.54 Å². The summed E-state index contributed by atoms with van der Waals surface area (Å²) >= 11 is 0. The molecule has 114 valence electrons. The maximum Gasteiger partial charge on any atom is 0.00670 e. The zero-order valence-corrected chi connectivity index (χ0v) is 14.2. The molecule has 0 aliphatic carbocycles. The Balaban J connectivity index is 2.49. The summed E-state index contributed by atoms with van der Waals surface area (Å²) in [4.78, 5) is 0. The van der Waals surface area contributed by atoms with Crippen molar-refractivity contribution in [3.8, 4) is 0 Å². The third-order valence-corrected chi connectivity index (χ3v) is 4.14. The Morgan fingerprint density at radius 3 is 2.15 bits per heavy atom. The van der Waals surface area contributed by atoms with Crippen LogP contribution in [0.2, 0.25) is 0 Å². The molecule has 0 saturated carbocycles. The first-order chi connectivity index (χ1) is 9.58. The van der Waals surface area contributed by atoms with Crippen molar-refractivity contribution in [1.82, 2.24) is 5.32 Å². The first kappa shape index (κ1) is 17.2. The van der Waals surface area contributed by atoms with E-state index in [4.69, 9.17) is 0 Å². The highest BCUT2D eigenvalue weighted by Gasteiger charge is 2.08. The van der Waals surface area contributed by atoms with Gasteiger partial charge in [0.15, 0.2) is 0 Å². The molecule has 0 spiro atoms. The third-order valence-electron chi connectivity index (χ3n) is 4.14.